The number of carbonyl (C=O) groups is 2. The zero-order chi connectivity index (χ0) is 25.9. The molecule has 0 aliphatic carbocycles. The maximum Gasteiger partial charge on any atom is 0.269 e. The number of thioether (sulfide) groups is 1. The lowest BCUT2D eigenvalue weighted by Gasteiger charge is -2.31. The van der Waals surface area contributed by atoms with Gasteiger partial charge in [0.2, 0.25) is 11.8 Å². The highest BCUT2D eigenvalue weighted by molar-refractivity contribution is 7.99. The Morgan fingerprint density at radius 2 is 1.58 bits per heavy atom. The van der Waals surface area contributed by atoms with Gasteiger partial charge in [-0.1, -0.05) is 72.3 Å². The normalized spacial score (nSPS) is 11.5. The molecule has 1 atom stereocenters. The molecule has 7 nitrogen and oxygen atoms in total. The Morgan fingerprint density at radius 1 is 0.944 bits per heavy atom. The molecule has 0 spiro atoms. The lowest BCUT2D eigenvalue weighted by molar-refractivity contribution is -0.384. The van der Waals surface area contributed by atoms with Crippen molar-refractivity contribution in [1.29, 1.82) is 0 Å². The van der Waals surface area contributed by atoms with Crippen LogP contribution < -0.4 is 5.32 Å². The lowest BCUT2D eigenvalue weighted by atomic mass is 10.0. The van der Waals surface area contributed by atoms with E-state index in [9.17, 15) is 19.7 Å². The molecule has 0 saturated carbocycles. The summed E-state index contributed by atoms with van der Waals surface area (Å²) in [6.45, 7) is 4.68. The largest absolute Gasteiger partial charge is 0.355 e. The van der Waals surface area contributed by atoms with Gasteiger partial charge < -0.3 is 10.2 Å². The SMILES string of the molecule is CCNC(=O)[C@H](Cc1ccccc1)N(Cc1ccc(C)cc1)C(=O)CSCc1ccc([N+](=O)[O-])cc1. The summed E-state index contributed by atoms with van der Waals surface area (Å²) < 4.78 is 0. The number of benzene rings is 3. The van der Waals surface area contributed by atoms with E-state index >= 15 is 0 Å². The first-order valence-electron chi connectivity index (χ1n) is 11.8. The second kappa shape index (κ2) is 13.4. The zero-order valence-electron chi connectivity index (χ0n) is 20.6. The van der Waals surface area contributed by atoms with Crippen LogP contribution in [0.5, 0.6) is 0 Å². The van der Waals surface area contributed by atoms with Crippen LogP contribution in [-0.2, 0) is 28.3 Å². The van der Waals surface area contributed by atoms with E-state index in [0.29, 0.717) is 25.3 Å². The van der Waals surface area contributed by atoms with Gasteiger partial charge in [-0.3, -0.25) is 19.7 Å². The molecule has 188 valence electrons. The first-order chi connectivity index (χ1) is 17.4. The molecule has 0 unspecified atom stereocenters. The van der Waals surface area contributed by atoms with Gasteiger partial charge in [0.25, 0.3) is 5.69 Å². The summed E-state index contributed by atoms with van der Waals surface area (Å²) >= 11 is 1.43. The minimum atomic E-state index is -0.652. The Labute approximate surface area is 216 Å². The molecular weight excluding hydrogens is 474 g/mol. The maximum atomic E-state index is 13.5. The minimum absolute atomic E-state index is 0.0368. The number of hydrogen-bond donors (Lipinski definition) is 1. The quantitative estimate of drug-likeness (QED) is 0.279. The third-order valence-electron chi connectivity index (χ3n) is 5.74. The van der Waals surface area contributed by atoms with Gasteiger partial charge in [-0.2, -0.15) is 0 Å². The Morgan fingerprint density at radius 3 is 2.19 bits per heavy atom. The van der Waals surface area contributed by atoms with Gasteiger partial charge in [-0.15, -0.1) is 11.8 Å². The van der Waals surface area contributed by atoms with Crippen LogP contribution in [0.2, 0.25) is 0 Å². The van der Waals surface area contributed by atoms with Crippen LogP contribution in [-0.4, -0.2) is 40.0 Å². The lowest BCUT2D eigenvalue weighted by Crippen LogP contribution is -2.51. The average Bonchev–Trinajstić information content (AvgIpc) is 2.88. The van der Waals surface area contributed by atoms with Crippen LogP contribution in [0, 0.1) is 17.0 Å². The number of nitro groups is 1. The molecule has 0 bridgehead atoms. The predicted octanol–water partition coefficient (Wildman–Crippen LogP) is 4.91. The minimum Gasteiger partial charge on any atom is -0.355 e. The molecule has 0 saturated heterocycles. The molecule has 3 aromatic rings. The van der Waals surface area contributed by atoms with E-state index in [2.05, 4.69) is 5.32 Å². The Kier molecular flexibility index (Phi) is 10.1. The van der Waals surface area contributed by atoms with Crippen LogP contribution in [0.1, 0.15) is 29.2 Å². The van der Waals surface area contributed by atoms with Gasteiger partial charge in [0, 0.05) is 37.4 Å². The van der Waals surface area contributed by atoms with Gasteiger partial charge in [-0.25, -0.2) is 0 Å². The fourth-order valence-electron chi connectivity index (χ4n) is 3.79. The molecule has 0 fully saturated rings. The number of carbonyl (C=O) groups excluding carboxylic acids is 2. The highest BCUT2D eigenvalue weighted by atomic mass is 32.2. The second-order valence-electron chi connectivity index (χ2n) is 8.52. The molecule has 0 heterocycles. The van der Waals surface area contributed by atoms with Crippen molar-refractivity contribution in [2.45, 2.75) is 38.6 Å². The van der Waals surface area contributed by atoms with E-state index < -0.39 is 11.0 Å². The van der Waals surface area contributed by atoms with Gasteiger partial charge in [-0.05, 0) is 30.5 Å². The molecule has 3 aromatic carbocycles. The maximum absolute atomic E-state index is 13.5. The van der Waals surface area contributed by atoms with E-state index in [1.807, 2.05) is 68.4 Å². The third kappa shape index (κ3) is 7.95. The molecular formula is C28H31N3O4S. The third-order valence-corrected chi connectivity index (χ3v) is 6.73. The van der Waals surface area contributed by atoms with E-state index in [4.69, 9.17) is 0 Å². The summed E-state index contributed by atoms with van der Waals surface area (Å²) in [5, 5.41) is 13.8. The summed E-state index contributed by atoms with van der Waals surface area (Å²) in [6.07, 6.45) is 0.414. The first kappa shape index (κ1) is 26.9. The van der Waals surface area contributed by atoms with Crippen molar-refractivity contribution in [3.8, 4) is 0 Å². The predicted molar refractivity (Wildman–Crippen MR) is 144 cm³/mol. The highest BCUT2D eigenvalue weighted by Gasteiger charge is 2.30. The van der Waals surface area contributed by atoms with E-state index in [1.165, 1.54) is 23.9 Å². The molecule has 2 amide bonds. The van der Waals surface area contributed by atoms with Gasteiger partial charge >= 0.3 is 0 Å². The van der Waals surface area contributed by atoms with Crippen LogP contribution in [0.4, 0.5) is 5.69 Å². The molecule has 1 N–H and O–H groups in total. The Hall–Kier alpha value is -3.65. The van der Waals surface area contributed by atoms with Gasteiger partial charge in [0.15, 0.2) is 0 Å². The van der Waals surface area contributed by atoms with Crippen molar-refractivity contribution in [3.63, 3.8) is 0 Å². The van der Waals surface area contributed by atoms with Crippen LogP contribution in [0.25, 0.3) is 0 Å². The number of rotatable bonds is 12. The monoisotopic (exact) mass is 505 g/mol. The summed E-state index contributed by atoms with van der Waals surface area (Å²) in [7, 11) is 0. The number of nitro benzene ring substituents is 1. The van der Waals surface area contributed by atoms with Crippen LogP contribution in [0.3, 0.4) is 0 Å². The second-order valence-corrected chi connectivity index (χ2v) is 9.51. The number of nitrogens with one attached hydrogen (secondary N) is 1. The molecule has 8 heteroatoms. The summed E-state index contributed by atoms with van der Waals surface area (Å²) in [5.74, 6) is 0.414. The molecule has 0 aromatic heterocycles. The number of hydrogen-bond acceptors (Lipinski definition) is 5. The van der Waals surface area contributed by atoms with E-state index in [0.717, 1.165) is 22.3 Å². The van der Waals surface area contributed by atoms with Gasteiger partial charge in [0.1, 0.15) is 6.04 Å². The molecule has 3 rings (SSSR count). The number of likely N-dealkylation sites (N-methyl/N-ethyl adjacent to an activating group) is 1. The standard InChI is InChI=1S/C28H31N3O4S/c1-3-29-28(33)26(17-22-7-5-4-6-8-22)30(18-23-11-9-21(2)10-12-23)27(32)20-36-19-24-13-15-25(16-14-24)31(34)35/h4-16,26H,3,17-20H2,1-2H3,(H,29,33)/t26-/m0/s1. The molecule has 0 aliphatic heterocycles. The van der Waals surface area contributed by atoms with Crippen molar-refractivity contribution in [2.24, 2.45) is 0 Å². The molecule has 0 aliphatic rings. The zero-order valence-corrected chi connectivity index (χ0v) is 21.4. The van der Waals surface area contributed by atoms with Crippen molar-refractivity contribution in [3.05, 3.63) is 111 Å². The van der Waals surface area contributed by atoms with E-state index in [-0.39, 0.29) is 23.3 Å². The van der Waals surface area contributed by atoms with Crippen molar-refractivity contribution in [2.75, 3.05) is 12.3 Å². The smallest absolute Gasteiger partial charge is 0.269 e. The molecule has 0 radical (unpaired) electrons. The van der Waals surface area contributed by atoms with E-state index in [1.54, 1.807) is 17.0 Å². The van der Waals surface area contributed by atoms with Crippen molar-refractivity contribution in [1.82, 2.24) is 10.2 Å². The summed E-state index contributed by atoms with van der Waals surface area (Å²) in [5.41, 5.74) is 3.99. The average molecular weight is 506 g/mol. The Balaban J connectivity index is 1.79. The topological polar surface area (TPSA) is 92.6 Å². The van der Waals surface area contributed by atoms with Crippen molar-refractivity contribution < 1.29 is 14.5 Å². The van der Waals surface area contributed by atoms with Crippen LogP contribution in [0.15, 0.2) is 78.9 Å². The van der Waals surface area contributed by atoms with Crippen LogP contribution >= 0.6 is 11.8 Å². The fourth-order valence-corrected chi connectivity index (χ4v) is 4.66. The number of aryl methyl sites for hydroxylation is 1. The number of amides is 2. The number of non-ortho nitro benzene ring substituents is 1. The van der Waals surface area contributed by atoms with Gasteiger partial charge in [0.05, 0.1) is 10.7 Å². The Bertz CT molecular complexity index is 1150. The highest BCUT2D eigenvalue weighted by Crippen LogP contribution is 2.20. The number of nitrogens with zero attached hydrogens (tertiary/aromatic N) is 2. The molecule has 36 heavy (non-hydrogen) atoms. The first-order valence-corrected chi connectivity index (χ1v) is 13.0. The summed E-state index contributed by atoms with van der Waals surface area (Å²) in [4.78, 5) is 38.8. The summed E-state index contributed by atoms with van der Waals surface area (Å²) in [6, 6.07) is 23.3. The van der Waals surface area contributed by atoms with Crippen molar-refractivity contribution >= 4 is 29.3 Å². The fraction of sp³-hybridized carbons (Fsp3) is 0.286.